The first-order chi connectivity index (χ1) is 6.52. The third-order valence-corrected chi connectivity index (χ3v) is 1.92. The molecule has 0 aliphatic heterocycles. The fourth-order valence-electron chi connectivity index (χ4n) is 1.12. The summed E-state index contributed by atoms with van der Waals surface area (Å²) in [5.41, 5.74) is 5.93. The molecule has 0 saturated carbocycles. The number of likely N-dealkylation sites (N-methyl/N-ethyl adjacent to an activating group) is 1. The van der Waals surface area contributed by atoms with Gasteiger partial charge in [-0.15, -0.1) is 0 Å². The van der Waals surface area contributed by atoms with E-state index in [-0.39, 0.29) is 11.7 Å². The first-order valence-electron chi connectivity index (χ1n) is 4.31. The van der Waals surface area contributed by atoms with Crippen LogP contribution in [0.2, 0.25) is 0 Å². The van der Waals surface area contributed by atoms with Crippen molar-refractivity contribution in [1.82, 2.24) is 0 Å². The zero-order chi connectivity index (χ0) is 10.7. The number of nitrogens with zero attached hydrogens (tertiary/aromatic N) is 1. The van der Waals surface area contributed by atoms with E-state index >= 15 is 0 Å². The van der Waals surface area contributed by atoms with Crippen LogP contribution in [-0.4, -0.2) is 19.0 Å². The second kappa shape index (κ2) is 4.19. The van der Waals surface area contributed by atoms with Gasteiger partial charge in [0.15, 0.2) is 0 Å². The Labute approximate surface area is 82.3 Å². The van der Waals surface area contributed by atoms with Crippen molar-refractivity contribution in [1.29, 1.82) is 0 Å². The Balaban J connectivity index is 2.89. The number of carbonyl (C=O) groups is 1. The lowest BCUT2D eigenvalue weighted by Crippen LogP contribution is -2.39. The van der Waals surface area contributed by atoms with Gasteiger partial charge in [0.1, 0.15) is 5.82 Å². The van der Waals surface area contributed by atoms with E-state index in [4.69, 9.17) is 5.73 Å². The van der Waals surface area contributed by atoms with E-state index in [0.29, 0.717) is 5.69 Å². The normalized spacial score (nSPS) is 12.3. The van der Waals surface area contributed by atoms with E-state index in [0.717, 1.165) is 0 Å². The van der Waals surface area contributed by atoms with Crippen LogP contribution in [0.25, 0.3) is 0 Å². The number of hydrogen-bond acceptors (Lipinski definition) is 2. The van der Waals surface area contributed by atoms with Crippen LogP contribution in [0.5, 0.6) is 0 Å². The number of halogens is 1. The summed E-state index contributed by atoms with van der Waals surface area (Å²) in [5.74, 6) is -0.609. The van der Waals surface area contributed by atoms with Gasteiger partial charge in [0.05, 0.1) is 6.04 Å². The molecule has 1 aromatic carbocycles. The molecule has 0 fully saturated rings. The van der Waals surface area contributed by atoms with Gasteiger partial charge < -0.3 is 10.6 Å². The van der Waals surface area contributed by atoms with Crippen LogP contribution in [0.4, 0.5) is 10.1 Å². The van der Waals surface area contributed by atoms with Crippen molar-refractivity contribution in [2.45, 2.75) is 13.0 Å². The van der Waals surface area contributed by atoms with E-state index in [2.05, 4.69) is 0 Å². The molecule has 4 heteroatoms. The molecule has 14 heavy (non-hydrogen) atoms. The van der Waals surface area contributed by atoms with Gasteiger partial charge in [-0.25, -0.2) is 4.39 Å². The van der Waals surface area contributed by atoms with E-state index in [1.807, 2.05) is 0 Å². The van der Waals surface area contributed by atoms with Gasteiger partial charge in [-0.3, -0.25) is 4.79 Å². The molecular weight excluding hydrogens is 183 g/mol. The van der Waals surface area contributed by atoms with E-state index < -0.39 is 6.04 Å². The van der Waals surface area contributed by atoms with E-state index in [1.54, 1.807) is 26.1 Å². The number of nitrogens with two attached hydrogens (primary N) is 1. The Hall–Kier alpha value is -1.42. The second-order valence-corrected chi connectivity index (χ2v) is 3.17. The molecule has 0 heterocycles. The Morgan fingerprint density at radius 3 is 2.71 bits per heavy atom. The molecular formula is C10H13FN2O. The Morgan fingerprint density at radius 1 is 1.57 bits per heavy atom. The molecule has 1 atom stereocenters. The van der Waals surface area contributed by atoms with Gasteiger partial charge in [-0.1, -0.05) is 6.07 Å². The lowest BCUT2D eigenvalue weighted by molar-refractivity contribution is -0.119. The van der Waals surface area contributed by atoms with Gasteiger partial charge in [0.2, 0.25) is 5.91 Å². The monoisotopic (exact) mass is 196 g/mol. The van der Waals surface area contributed by atoms with Gasteiger partial charge >= 0.3 is 0 Å². The lowest BCUT2D eigenvalue weighted by atomic mass is 10.2. The van der Waals surface area contributed by atoms with Crippen LogP contribution in [0, 0.1) is 5.82 Å². The molecule has 0 saturated heterocycles. The van der Waals surface area contributed by atoms with Crippen molar-refractivity contribution in [3.05, 3.63) is 30.1 Å². The van der Waals surface area contributed by atoms with Crippen LogP contribution in [0.1, 0.15) is 6.92 Å². The molecule has 0 radical (unpaired) electrons. The molecule has 0 aromatic heterocycles. The van der Waals surface area contributed by atoms with Gasteiger partial charge in [-0.05, 0) is 25.1 Å². The molecule has 0 aliphatic rings. The molecule has 1 rings (SSSR count). The molecule has 3 nitrogen and oxygen atoms in total. The standard InChI is InChI=1S/C10H13FN2O/c1-7(12)10(14)13(2)9-5-3-4-8(11)6-9/h3-7H,12H2,1-2H3/t7-/m0/s1. The van der Waals surface area contributed by atoms with Crippen LogP contribution >= 0.6 is 0 Å². The number of amides is 1. The summed E-state index contributed by atoms with van der Waals surface area (Å²) in [6, 6.07) is 5.25. The summed E-state index contributed by atoms with van der Waals surface area (Å²) in [5, 5.41) is 0. The highest BCUT2D eigenvalue weighted by Crippen LogP contribution is 2.14. The summed E-state index contributed by atoms with van der Waals surface area (Å²) in [6.07, 6.45) is 0. The first-order valence-corrected chi connectivity index (χ1v) is 4.31. The summed E-state index contributed by atoms with van der Waals surface area (Å²) < 4.78 is 12.8. The molecule has 0 aliphatic carbocycles. The average Bonchev–Trinajstić information content (AvgIpc) is 2.15. The summed E-state index contributed by atoms with van der Waals surface area (Å²) in [7, 11) is 1.57. The number of carbonyl (C=O) groups excluding carboxylic acids is 1. The van der Waals surface area contributed by atoms with E-state index in [1.165, 1.54) is 17.0 Å². The first kappa shape index (κ1) is 10.7. The molecule has 1 amide bonds. The molecule has 0 bridgehead atoms. The smallest absolute Gasteiger partial charge is 0.243 e. The maximum atomic E-state index is 12.8. The minimum Gasteiger partial charge on any atom is -0.320 e. The van der Waals surface area contributed by atoms with Crippen LogP contribution < -0.4 is 10.6 Å². The minimum absolute atomic E-state index is 0.240. The van der Waals surface area contributed by atoms with Crippen molar-refractivity contribution in [3.63, 3.8) is 0 Å². The molecule has 0 spiro atoms. The Kier molecular flexibility index (Phi) is 3.19. The Bertz CT molecular complexity index is 339. The molecule has 1 aromatic rings. The molecule has 0 unspecified atom stereocenters. The van der Waals surface area contributed by atoms with Crippen LogP contribution in [-0.2, 0) is 4.79 Å². The van der Waals surface area contributed by atoms with Crippen molar-refractivity contribution in [3.8, 4) is 0 Å². The number of benzene rings is 1. The average molecular weight is 196 g/mol. The SMILES string of the molecule is C[C@H](N)C(=O)N(C)c1cccc(F)c1. The highest BCUT2D eigenvalue weighted by atomic mass is 19.1. The predicted molar refractivity (Wildman–Crippen MR) is 53.5 cm³/mol. The van der Waals surface area contributed by atoms with Crippen LogP contribution in [0.15, 0.2) is 24.3 Å². The van der Waals surface area contributed by atoms with Crippen molar-refractivity contribution < 1.29 is 9.18 Å². The lowest BCUT2D eigenvalue weighted by Gasteiger charge is -2.19. The Morgan fingerprint density at radius 2 is 2.21 bits per heavy atom. The summed E-state index contributed by atoms with van der Waals surface area (Å²) >= 11 is 0. The van der Waals surface area contributed by atoms with Crippen molar-refractivity contribution in [2.24, 2.45) is 5.73 Å². The molecule has 76 valence electrons. The van der Waals surface area contributed by atoms with E-state index in [9.17, 15) is 9.18 Å². The maximum Gasteiger partial charge on any atom is 0.243 e. The fraction of sp³-hybridized carbons (Fsp3) is 0.300. The molecule has 2 N–H and O–H groups in total. The highest BCUT2D eigenvalue weighted by Gasteiger charge is 2.14. The van der Waals surface area contributed by atoms with Gasteiger partial charge in [0, 0.05) is 12.7 Å². The number of rotatable bonds is 2. The fourth-order valence-corrected chi connectivity index (χ4v) is 1.12. The van der Waals surface area contributed by atoms with Crippen LogP contribution in [0.3, 0.4) is 0 Å². The third-order valence-electron chi connectivity index (χ3n) is 1.92. The summed E-state index contributed by atoms with van der Waals surface area (Å²) in [4.78, 5) is 12.8. The zero-order valence-electron chi connectivity index (χ0n) is 8.20. The number of anilines is 1. The van der Waals surface area contributed by atoms with Gasteiger partial charge in [-0.2, -0.15) is 0 Å². The van der Waals surface area contributed by atoms with Crippen molar-refractivity contribution >= 4 is 11.6 Å². The number of hydrogen-bond donors (Lipinski definition) is 1. The third kappa shape index (κ3) is 2.29. The van der Waals surface area contributed by atoms with Crippen molar-refractivity contribution in [2.75, 3.05) is 11.9 Å². The quantitative estimate of drug-likeness (QED) is 0.770. The second-order valence-electron chi connectivity index (χ2n) is 3.17. The topological polar surface area (TPSA) is 46.3 Å². The predicted octanol–water partition coefficient (Wildman–Crippen LogP) is 1.14. The largest absolute Gasteiger partial charge is 0.320 e. The maximum absolute atomic E-state index is 12.8. The minimum atomic E-state index is -0.580. The zero-order valence-corrected chi connectivity index (χ0v) is 8.20. The van der Waals surface area contributed by atoms with Gasteiger partial charge in [0.25, 0.3) is 0 Å². The highest BCUT2D eigenvalue weighted by molar-refractivity contribution is 5.96. The summed E-state index contributed by atoms with van der Waals surface area (Å²) in [6.45, 7) is 1.60.